The molecular weight excluding hydrogens is 262 g/mol. The Morgan fingerprint density at radius 1 is 0.857 bits per heavy atom. The van der Waals surface area contributed by atoms with Crippen LogP contribution in [0.2, 0.25) is 0 Å². The first-order valence-corrected chi connectivity index (χ1v) is 6.69. The van der Waals surface area contributed by atoms with Crippen LogP contribution >= 0.6 is 0 Å². The molecule has 3 rings (SSSR count). The number of phenols is 1. The number of nitrogens with zero attached hydrogens (tertiary/aromatic N) is 2. The van der Waals surface area contributed by atoms with Gasteiger partial charge < -0.3 is 10.8 Å². The molecule has 0 aliphatic heterocycles. The van der Waals surface area contributed by atoms with Crippen LogP contribution in [0, 0.1) is 0 Å². The molecule has 0 bridgehead atoms. The summed E-state index contributed by atoms with van der Waals surface area (Å²) in [5.74, 6) is 0.121. The van der Waals surface area contributed by atoms with Crippen LogP contribution in [0.15, 0.2) is 70.9 Å². The third-order valence-corrected chi connectivity index (χ3v) is 3.32. The summed E-state index contributed by atoms with van der Waals surface area (Å²) in [7, 11) is 0. The van der Waals surface area contributed by atoms with Gasteiger partial charge in [-0.25, -0.2) is 0 Å². The summed E-state index contributed by atoms with van der Waals surface area (Å²) in [6.07, 6.45) is 0. The summed E-state index contributed by atoms with van der Waals surface area (Å²) in [4.78, 5) is 0. The smallest absolute Gasteiger partial charge is 0.143 e. The molecule has 0 amide bonds. The maximum absolute atomic E-state index is 10.00. The van der Waals surface area contributed by atoms with Crippen molar-refractivity contribution in [2.75, 3.05) is 0 Å². The molecule has 4 heteroatoms. The number of fused-ring (bicyclic) bond motifs is 1. The van der Waals surface area contributed by atoms with Gasteiger partial charge in [0.2, 0.25) is 0 Å². The summed E-state index contributed by atoms with van der Waals surface area (Å²) < 4.78 is 0. The van der Waals surface area contributed by atoms with Crippen molar-refractivity contribution in [1.29, 1.82) is 0 Å². The largest absolute Gasteiger partial charge is 0.506 e. The van der Waals surface area contributed by atoms with Crippen molar-refractivity contribution in [2.45, 2.75) is 6.54 Å². The van der Waals surface area contributed by atoms with Crippen LogP contribution in [0.1, 0.15) is 5.56 Å². The number of hydrogen-bond donors (Lipinski definition) is 2. The second kappa shape index (κ2) is 5.73. The minimum atomic E-state index is 0.121. The summed E-state index contributed by atoms with van der Waals surface area (Å²) in [5.41, 5.74) is 7.81. The lowest BCUT2D eigenvalue weighted by molar-refractivity contribution is 0.477. The van der Waals surface area contributed by atoms with E-state index in [9.17, 15) is 5.11 Å². The van der Waals surface area contributed by atoms with Gasteiger partial charge in [-0.3, -0.25) is 0 Å². The molecule has 3 aromatic carbocycles. The van der Waals surface area contributed by atoms with E-state index in [2.05, 4.69) is 10.2 Å². The summed E-state index contributed by atoms with van der Waals surface area (Å²) >= 11 is 0. The second-order valence-electron chi connectivity index (χ2n) is 4.73. The monoisotopic (exact) mass is 277 g/mol. The Labute approximate surface area is 122 Å². The molecule has 0 aliphatic carbocycles. The molecule has 21 heavy (non-hydrogen) atoms. The van der Waals surface area contributed by atoms with Crippen molar-refractivity contribution < 1.29 is 5.11 Å². The Hall–Kier alpha value is -2.72. The standard InChI is InChI=1S/C17H15N3O/c18-11-12-5-8-14(9-6-12)19-20-17-15-4-2-1-3-13(15)7-10-16(17)21/h1-10,21H,11,18H2. The number of nitrogens with two attached hydrogens (primary N) is 1. The van der Waals surface area contributed by atoms with Gasteiger partial charge in [-0.1, -0.05) is 42.5 Å². The number of rotatable bonds is 3. The van der Waals surface area contributed by atoms with Crippen molar-refractivity contribution in [3.8, 4) is 5.75 Å². The fourth-order valence-electron chi connectivity index (χ4n) is 2.16. The highest BCUT2D eigenvalue weighted by atomic mass is 16.3. The van der Waals surface area contributed by atoms with E-state index in [4.69, 9.17) is 5.73 Å². The van der Waals surface area contributed by atoms with Crippen LogP contribution in [0.3, 0.4) is 0 Å². The highest BCUT2D eigenvalue weighted by molar-refractivity contribution is 5.95. The van der Waals surface area contributed by atoms with E-state index in [0.717, 1.165) is 22.0 Å². The maximum Gasteiger partial charge on any atom is 0.143 e. The number of hydrogen-bond acceptors (Lipinski definition) is 4. The van der Waals surface area contributed by atoms with Gasteiger partial charge in [-0.05, 0) is 29.1 Å². The van der Waals surface area contributed by atoms with E-state index in [1.165, 1.54) is 0 Å². The lowest BCUT2D eigenvalue weighted by Crippen LogP contribution is -1.94. The molecule has 4 nitrogen and oxygen atoms in total. The predicted octanol–water partition coefficient (Wildman–Crippen LogP) is 4.42. The molecule has 104 valence electrons. The van der Waals surface area contributed by atoms with Crippen LogP contribution in [0.25, 0.3) is 10.8 Å². The van der Waals surface area contributed by atoms with Crippen molar-refractivity contribution >= 4 is 22.1 Å². The molecule has 3 N–H and O–H groups in total. The van der Waals surface area contributed by atoms with Crippen LogP contribution in [0.4, 0.5) is 11.4 Å². The first kappa shape index (κ1) is 13.3. The molecule has 0 aliphatic rings. The number of aromatic hydroxyl groups is 1. The molecule has 0 saturated heterocycles. The molecule has 0 unspecified atom stereocenters. The Bertz CT molecular complexity index is 795. The molecule has 0 heterocycles. The molecule has 0 fully saturated rings. The van der Waals surface area contributed by atoms with E-state index < -0.39 is 0 Å². The summed E-state index contributed by atoms with van der Waals surface area (Å²) in [5, 5.41) is 20.3. The maximum atomic E-state index is 10.00. The third-order valence-electron chi connectivity index (χ3n) is 3.32. The van der Waals surface area contributed by atoms with Crippen molar-refractivity contribution in [3.05, 3.63) is 66.2 Å². The number of benzene rings is 3. The van der Waals surface area contributed by atoms with Gasteiger partial charge in [0.15, 0.2) is 0 Å². The van der Waals surface area contributed by atoms with Crippen LogP contribution < -0.4 is 5.73 Å². The van der Waals surface area contributed by atoms with Gasteiger partial charge in [0.05, 0.1) is 5.69 Å². The topological polar surface area (TPSA) is 71.0 Å². The van der Waals surface area contributed by atoms with E-state index in [0.29, 0.717) is 12.2 Å². The van der Waals surface area contributed by atoms with Gasteiger partial charge in [-0.2, -0.15) is 5.11 Å². The average molecular weight is 277 g/mol. The van der Waals surface area contributed by atoms with E-state index in [1.54, 1.807) is 6.07 Å². The highest BCUT2D eigenvalue weighted by Gasteiger charge is 2.05. The Morgan fingerprint density at radius 2 is 1.62 bits per heavy atom. The van der Waals surface area contributed by atoms with Crippen molar-refractivity contribution in [2.24, 2.45) is 16.0 Å². The van der Waals surface area contributed by atoms with Gasteiger partial charge >= 0.3 is 0 Å². The van der Waals surface area contributed by atoms with Gasteiger partial charge in [0, 0.05) is 11.9 Å². The minimum absolute atomic E-state index is 0.121. The number of azo groups is 1. The minimum Gasteiger partial charge on any atom is -0.506 e. The second-order valence-corrected chi connectivity index (χ2v) is 4.73. The van der Waals surface area contributed by atoms with Gasteiger partial charge in [0.25, 0.3) is 0 Å². The average Bonchev–Trinajstić information content (AvgIpc) is 2.54. The highest BCUT2D eigenvalue weighted by Crippen LogP contribution is 2.35. The first-order chi connectivity index (χ1) is 10.3. The van der Waals surface area contributed by atoms with E-state index in [1.807, 2.05) is 54.6 Å². The SMILES string of the molecule is NCc1ccc(N=Nc2c(O)ccc3ccccc23)cc1. The summed E-state index contributed by atoms with van der Waals surface area (Å²) in [6.45, 7) is 0.502. The van der Waals surface area contributed by atoms with Crippen molar-refractivity contribution in [1.82, 2.24) is 0 Å². The molecular formula is C17H15N3O. The molecule has 0 radical (unpaired) electrons. The molecule has 0 spiro atoms. The third kappa shape index (κ3) is 2.75. The molecule has 0 atom stereocenters. The lowest BCUT2D eigenvalue weighted by atomic mass is 10.1. The van der Waals surface area contributed by atoms with Gasteiger partial charge in [0.1, 0.15) is 11.4 Å². The summed E-state index contributed by atoms with van der Waals surface area (Å²) in [6, 6.07) is 18.8. The Balaban J connectivity index is 2.00. The predicted molar refractivity (Wildman–Crippen MR) is 84.1 cm³/mol. The zero-order valence-electron chi connectivity index (χ0n) is 11.4. The van der Waals surface area contributed by atoms with Crippen LogP contribution in [-0.4, -0.2) is 5.11 Å². The van der Waals surface area contributed by atoms with Crippen LogP contribution in [0.5, 0.6) is 5.75 Å². The fraction of sp³-hybridized carbons (Fsp3) is 0.0588. The lowest BCUT2D eigenvalue weighted by Gasteiger charge is -2.03. The Morgan fingerprint density at radius 3 is 2.38 bits per heavy atom. The van der Waals surface area contributed by atoms with Gasteiger partial charge in [-0.15, -0.1) is 5.11 Å². The number of phenolic OH excluding ortho intramolecular Hbond substituents is 1. The molecule has 0 saturated carbocycles. The van der Waals surface area contributed by atoms with E-state index in [-0.39, 0.29) is 5.75 Å². The zero-order chi connectivity index (χ0) is 14.7. The normalized spacial score (nSPS) is 11.3. The fourth-order valence-corrected chi connectivity index (χ4v) is 2.16. The van der Waals surface area contributed by atoms with E-state index >= 15 is 0 Å². The quantitative estimate of drug-likeness (QED) is 0.696. The molecule has 0 aromatic heterocycles. The Kier molecular flexibility index (Phi) is 3.62. The first-order valence-electron chi connectivity index (χ1n) is 6.69. The van der Waals surface area contributed by atoms with Crippen LogP contribution in [-0.2, 0) is 6.54 Å². The molecule has 3 aromatic rings. The van der Waals surface area contributed by atoms with Crippen molar-refractivity contribution in [3.63, 3.8) is 0 Å². The zero-order valence-corrected chi connectivity index (χ0v) is 11.4.